The molecule has 0 fully saturated rings. The van der Waals surface area contributed by atoms with Gasteiger partial charge < -0.3 is 19.8 Å². The van der Waals surface area contributed by atoms with E-state index in [0.29, 0.717) is 16.7 Å². The summed E-state index contributed by atoms with van der Waals surface area (Å²) >= 11 is 0. The van der Waals surface area contributed by atoms with E-state index in [-0.39, 0.29) is 18.1 Å². The predicted octanol–water partition coefficient (Wildman–Crippen LogP) is 2.91. The van der Waals surface area contributed by atoms with Gasteiger partial charge >= 0.3 is 0 Å². The number of rotatable bonds is 5. The Hall–Kier alpha value is -3.68. The van der Waals surface area contributed by atoms with Crippen LogP contribution in [0, 0.1) is 0 Å². The summed E-state index contributed by atoms with van der Waals surface area (Å²) in [4.78, 5) is 26.0. The highest BCUT2D eigenvalue weighted by Crippen LogP contribution is 2.35. The Balaban J connectivity index is 1.57. The largest absolute Gasteiger partial charge is 0.493 e. The van der Waals surface area contributed by atoms with Crippen LogP contribution in [0.25, 0.3) is 17.0 Å². The third-order valence-electron chi connectivity index (χ3n) is 3.28. The van der Waals surface area contributed by atoms with Gasteiger partial charge in [0.05, 0.1) is 11.8 Å². The molecule has 0 bridgehead atoms. The summed E-state index contributed by atoms with van der Waals surface area (Å²) in [6.45, 7) is -0.312. The summed E-state index contributed by atoms with van der Waals surface area (Å²) in [5, 5.41) is 20.1. The van der Waals surface area contributed by atoms with Crippen LogP contribution in [0.3, 0.4) is 0 Å². The molecule has 1 aromatic carbocycles. The van der Waals surface area contributed by atoms with Crippen LogP contribution in [-0.2, 0) is 9.59 Å². The van der Waals surface area contributed by atoms with E-state index in [1.54, 1.807) is 36.4 Å². The highest BCUT2D eigenvalue weighted by molar-refractivity contribution is 5.95. The Kier molecular flexibility index (Phi) is 4.70. The molecular weight excluding hydrogens is 324 g/mol. The first-order chi connectivity index (χ1) is 12.1. The summed E-state index contributed by atoms with van der Waals surface area (Å²) in [5.74, 6) is -0.765. The number of aromatic hydroxyl groups is 1. The number of nitrogens with one attached hydrogen (secondary N) is 2. The maximum absolute atomic E-state index is 11.7. The van der Waals surface area contributed by atoms with Crippen LogP contribution in [0.4, 0.5) is 5.69 Å². The fourth-order valence-corrected chi connectivity index (χ4v) is 2.12. The van der Waals surface area contributed by atoms with Crippen LogP contribution >= 0.6 is 0 Å². The van der Waals surface area contributed by atoms with Gasteiger partial charge in [0, 0.05) is 11.5 Å². The molecule has 25 heavy (non-hydrogen) atoms. The standard InChI is InChI=1S/C17H14N4O4/c22-14(8-7-11-4-3-9-25-11)18-10-15(23)20-21-16-12-5-1-2-6-13(12)19-17(16)24/h1-9,19,24H,10H2,(H,18,22)/b8-7-,21-20?. The number of azo groups is 1. The molecule has 8 nitrogen and oxygen atoms in total. The molecule has 0 atom stereocenters. The van der Waals surface area contributed by atoms with Crippen molar-refractivity contribution < 1.29 is 19.1 Å². The number of fused-ring (bicyclic) bond motifs is 1. The summed E-state index contributed by atoms with van der Waals surface area (Å²) in [5.41, 5.74) is 0.853. The first-order valence-electron chi connectivity index (χ1n) is 7.37. The van der Waals surface area contributed by atoms with Crippen LogP contribution in [0.1, 0.15) is 5.76 Å². The predicted molar refractivity (Wildman–Crippen MR) is 90.2 cm³/mol. The highest BCUT2D eigenvalue weighted by atomic mass is 16.3. The van der Waals surface area contributed by atoms with E-state index in [2.05, 4.69) is 20.5 Å². The SMILES string of the molecule is O=C(CNC(=O)/C=C\c1ccco1)N=Nc1c(O)[nH]c2ccccc12. The number of aromatic nitrogens is 1. The minimum absolute atomic E-state index is 0.174. The molecule has 3 aromatic rings. The molecule has 2 amide bonds. The molecule has 0 saturated heterocycles. The normalized spacial score (nSPS) is 11.5. The molecule has 3 rings (SSSR count). The number of amides is 2. The molecular formula is C17H14N4O4. The van der Waals surface area contributed by atoms with Crippen molar-refractivity contribution in [1.29, 1.82) is 0 Å². The second-order valence-corrected chi connectivity index (χ2v) is 5.03. The zero-order valence-corrected chi connectivity index (χ0v) is 13.0. The van der Waals surface area contributed by atoms with Gasteiger partial charge in [-0.25, -0.2) is 0 Å². The van der Waals surface area contributed by atoms with E-state index in [1.807, 2.05) is 0 Å². The second kappa shape index (κ2) is 7.26. The van der Waals surface area contributed by atoms with Gasteiger partial charge in [0.1, 0.15) is 12.3 Å². The van der Waals surface area contributed by atoms with Crippen LogP contribution in [0.2, 0.25) is 0 Å². The van der Waals surface area contributed by atoms with Crippen LogP contribution in [-0.4, -0.2) is 28.4 Å². The quantitative estimate of drug-likeness (QED) is 0.489. The maximum atomic E-state index is 11.7. The topological polar surface area (TPSA) is 120 Å². The molecule has 0 saturated carbocycles. The van der Waals surface area contributed by atoms with E-state index in [9.17, 15) is 14.7 Å². The smallest absolute Gasteiger partial charge is 0.283 e. The Bertz CT molecular complexity index is 954. The van der Waals surface area contributed by atoms with Crippen molar-refractivity contribution in [3.05, 3.63) is 54.5 Å². The number of carbonyl (C=O) groups excluding carboxylic acids is 2. The van der Waals surface area contributed by atoms with E-state index in [4.69, 9.17) is 4.42 Å². The zero-order chi connectivity index (χ0) is 17.6. The lowest BCUT2D eigenvalue weighted by Gasteiger charge is -1.96. The lowest BCUT2D eigenvalue weighted by molar-refractivity contribution is -0.122. The second-order valence-electron chi connectivity index (χ2n) is 5.03. The fourth-order valence-electron chi connectivity index (χ4n) is 2.12. The molecule has 0 aliphatic rings. The van der Waals surface area contributed by atoms with Crippen LogP contribution < -0.4 is 5.32 Å². The third-order valence-corrected chi connectivity index (χ3v) is 3.28. The average molecular weight is 338 g/mol. The lowest BCUT2D eigenvalue weighted by Crippen LogP contribution is -2.26. The van der Waals surface area contributed by atoms with E-state index in [0.717, 1.165) is 0 Å². The van der Waals surface area contributed by atoms with Gasteiger partial charge in [-0.05, 0) is 24.3 Å². The summed E-state index contributed by atoms with van der Waals surface area (Å²) < 4.78 is 5.04. The molecule has 3 N–H and O–H groups in total. The Labute approximate surface area is 141 Å². The highest BCUT2D eigenvalue weighted by Gasteiger charge is 2.10. The fraction of sp³-hybridized carbons (Fsp3) is 0.0588. The van der Waals surface area contributed by atoms with Crippen molar-refractivity contribution in [2.45, 2.75) is 0 Å². The molecule has 0 unspecified atom stereocenters. The molecule has 8 heteroatoms. The molecule has 0 aliphatic carbocycles. The van der Waals surface area contributed by atoms with Crippen molar-refractivity contribution in [2.75, 3.05) is 6.54 Å². The van der Waals surface area contributed by atoms with E-state index in [1.165, 1.54) is 18.4 Å². The minimum atomic E-state index is -0.649. The molecule has 2 aromatic heterocycles. The average Bonchev–Trinajstić information content (AvgIpc) is 3.23. The number of nitrogens with zero attached hydrogens (tertiary/aromatic N) is 2. The Morgan fingerprint density at radius 3 is 2.88 bits per heavy atom. The van der Waals surface area contributed by atoms with Gasteiger partial charge in [-0.15, -0.1) is 10.2 Å². The van der Waals surface area contributed by atoms with Crippen molar-refractivity contribution in [2.24, 2.45) is 10.2 Å². The first kappa shape index (κ1) is 16.2. The van der Waals surface area contributed by atoms with Crippen LogP contribution in [0.5, 0.6) is 5.88 Å². The number of carbonyl (C=O) groups is 2. The number of hydrogen-bond acceptors (Lipinski definition) is 5. The zero-order valence-electron chi connectivity index (χ0n) is 13.0. The van der Waals surface area contributed by atoms with Gasteiger partial charge in [0.2, 0.25) is 11.8 Å². The number of H-pyrrole nitrogens is 1. The number of aromatic amines is 1. The van der Waals surface area contributed by atoms with Gasteiger partial charge in [-0.3, -0.25) is 9.59 Å². The van der Waals surface area contributed by atoms with Crippen molar-refractivity contribution >= 4 is 34.5 Å². The molecule has 0 aliphatic heterocycles. The van der Waals surface area contributed by atoms with Gasteiger partial charge in [-0.1, -0.05) is 18.2 Å². The summed E-state index contributed by atoms with van der Waals surface area (Å²) in [6.07, 6.45) is 4.21. The van der Waals surface area contributed by atoms with E-state index >= 15 is 0 Å². The van der Waals surface area contributed by atoms with E-state index < -0.39 is 11.8 Å². The molecule has 2 heterocycles. The number of para-hydroxylation sites is 1. The van der Waals surface area contributed by atoms with Gasteiger partial charge in [0.15, 0.2) is 5.69 Å². The van der Waals surface area contributed by atoms with Crippen molar-refractivity contribution in [1.82, 2.24) is 10.3 Å². The van der Waals surface area contributed by atoms with Gasteiger partial charge in [0.25, 0.3) is 5.91 Å². The monoisotopic (exact) mass is 338 g/mol. The number of furan rings is 1. The summed E-state index contributed by atoms with van der Waals surface area (Å²) in [7, 11) is 0. The first-order valence-corrected chi connectivity index (χ1v) is 7.37. The lowest BCUT2D eigenvalue weighted by atomic mass is 10.2. The molecule has 126 valence electrons. The minimum Gasteiger partial charge on any atom is -0.493 e. The molecule has 0 radical (unpaired) electrons. The maximum Gasteiger partial charge on any atom is 0.283 e. The van der Waals surface area contributed by atoms with Crippen molar-refractivity contribution in [3.8, 4) is 5.88 Å². The molecule has 0 spiro atoms. The Morgan fingerprint density at radius 1 is 1.24 bits per heavy atom. The Morgan fingerprint density at radius 2 is 2.08 bits per heavy atom. The number of benzene rings is 1. The third kappa shape index (κ3) is 3.99. The summed E-state index contributed by atoms with van der Waals surface area (Å²) in [6, 6.07) is 10.5. The van der Waals surface area contributed by atoms with Crippen LogP contribution in [0.15, 0.2) is 63.4 Å². The van der Waals surface area contributed by atoms with Gasteiger partial charge in [-0.2, -0.15) is 0 Å². The number of hydrogen-bond donors (Lipinski definition) is 3. The van der Waals surface area contributed by atoms with Crippen molar-refractivity contribution in [3.63, 3.8) is 0 Å².